The minimum Gasteiger partial charge on any atom is -0.463 e. The lowest BCUT2D eigenvalue weighted by Crippen LogP contribution is -2.31. The van der Waals surface area contributed by atoms with Crippen LogP contribution in [-0.2, 0) is 9.53 Å². The number of carbonyl (C=O) groups excluding carboxylic acids is 1. The van der Waals surface area contributed by atoms with Gasteiger partial charge in [0.25, 0.3) is 0 Å². The Morgan fingerprint density at radius 2 is 1.78 bits per heavy atom. The Kier molecular flexibility index (Phi) is 4.86. The molecule has 4 nitrogen and oxygen atoms in total. The summed E-state index contributed by atoms with van der Waals surface area (Å²) < 4.78 is 5.37. The van der Waals surface area contributed by atoms with Crippen molar-refractivity contribution >= 4 is 28.6 Å². The number of hydrogen-bond donors (Lipinski definition) is 0. The minimum atomic E-state index is -0.354. The number of esters is 1. The maximum absolute atomic E-state index is 12.8. The summed E-state index contributed by atoms with van der Waals surface area (Å²) >= 11 is 1.59. The van der Waals surface area contributed by atoms with Crippen LogP contribution in [0, 0.1) is 0 Å². The molecule has 27 heavy (non-hydrogen) atoms. The third kappa shape index (κ3) is 3.19. The SMILES string of the molecule is CCOC(=O)C1=C(C)N2C(c3ccccc3)=CSC2=N[C@H]1c1ccccc1. The van der Waals surface area contributed by atoms with Crippen molar-refractivity contribution in [3.63, 3.8) is 0 Å². The minimum absolute atomic E-state index is 0.309. The second-order valence-electron chi connectivity index (χ2n) is 6.27. The number of aliphatic imine (C=N–C) groups is 1. The van der Waals surface area contributed by atoms with Gasteiger partial charge < -0.3 is 4.74 Å². The molecule has 2 heterocycles. The van der Waals surface area contributed by atoms with E-state index in [0.29, 0.717) is 12.2 Å². The molecule has 0 saturated carbocycles. The fourth-order valence-corrected chi connectivity index (χ4v) is 4.34. The van der Waals surface area contributed by atoms with Crippen LogP contribution in [0.2, 0.25) is 0 Å². The van der Waals surface area contributed by atoms with E-state index in [1.165, 1.54) is 0 Å². The number of benzene rings is 2. The molecule has 0 fully saturated rings. The molecule has 0 spiro atoms. The van der Waals surface area contributed by atoms with Crippen molar-refractivity contribution in [3.05, 3.63) is 88.5 Å². The lowest BCUT2D eigenvalue weighted by molar-refractivity contribution is -0.139. The van der Waals surface area contributed by atoms with Gasteiger partial charge in [0.2, 0.25) is 0 Å². The van der Waals surface area contributed by atoms with E-state index in [-0.39, 0.29) is 12.0 Å². The lowest BCUT2D eigenvalue weighted by Gasteiger charge is -2.32. The molecule has 2 aromatic carbocycles. The number of ether oxygens (including phenoxy) is 1. The van der Waals surface area contributed by atoms with Crippen LogP contribution in [0.25, 0.3) is 5.70 Å². The van der Waals surface area contributed by atoms with Gasteiger partial charge in [0, 0.05) is 11.1 Å². The zero-order chi connectivity index (χ0) is 18.8. The molecule has 0 aromatic heterocycles. The van der Waals surface area contributed by atoms with Gasteiger partial charge in [-0.2, -0.15) is 0 Å². The van der Waals surface area contributed by atoms with Gasteiger partial charge in [-0.15, -0.1) is 0 Å². The number of carbonyl (C=O) groups is 1. The van der Waals surface area contributed by atoms with Gasteiger partial charge in [0.1, 0.15) is 6.04 Å². The average molecular weight is 376 g/mol. The number of hydrogen-bond acceptors (Lipinski definition) is 5. The predicted octanol–water partition coefficient (Wildman–Crippen LogP) is 4.98. The molecule has 0 bridgehead atoms. The summed E-state index contributed by atoms with van der Waals surface area (Å²) in [6.45, 7) is 4.13. The number of thioether (sulfide) groups is 1. The number of nitrogens with zero attached hydrogens (tertiary/aromatic N) is 2. The molecule has 5 heteroatoms. The van der Waals surface area contributed by atoms with E-state index in [9.17, 15) is 4.79 Å². The zero-order valence-corrected chi connectivity index (χ0v) is 16.1. The van der Waals surface area contributed by atoms with Gasteiger partial charge in [0.05, 0.1) is 17.9 Å². The quantitative estimate of drug-likeness (QED) is 0.706. The first kappa shape index (κ1) is 17.6. The molecule has 4 rings (SSSR count). The maximum Gasteiger partial charge on any atom is 0.338 e. The van der Waals surface area contributed by atoms with Crippen molar-refractivity contribution in [2.24, 2.45) is 4.99 Å². The van der Waals surface area contributed by atoms with Crippen LogP contribution in [0.5, 0.6) is 0 Å². The molecular weight excluding hydrogens is 356 g/mol. The summed E-state index contributed by atoms with van der Waals surface area (Å²) in [7, 11) is 0. The summed E-state index contributed by atoms with van der Waals surface area (Å²) in [6.07, 6.45) is 0. The maximum atomic E-state index is 12.8. The molecule has 0 saturated heterocycles. The Morgan fingerprint density at radius 1 is 1.11 bits per heavy atom. The molecule has 2 aliphatic rings. The smallest absolute Gasteiger partial charge is 0.338 e. The van der Waals surface area contributed by atoms with Crippen LogP contribution in [0.1, 0.15) is 31.0 Å². The largest absolute Gasteiger partial charge is 0.463 e. The molecule has 136 valence electrons. The van der Waals surface area contributed by atoms with Gasteiger partial charge in [-0.3, -0.25) is 4.90 Å². The Labute approximate surface area is 163 Å². The van der Waals surface area contributed by atoms with Gasteiger partial charge in [-0.05, 0) is 25.0 Å². The van der Waals surface area contributed by atoms with E-state index in [4.69, 9.17) is 9.73 Å². The van der Waals surface area contributed by atoms with Crippen molar-refractivity contribution in [1.82, 2.24) is 4.90 Å². The van der Waals surface area contributed by atoms with Crippen molar-refractivity contribution in [3.8, 4) is 0 Å². The molecule has 1 atom stereocenters. The van der Waals surface area contributed by atoms with Crippen LogP contribution in [0.3, 0.4) is 0 Å². The van der Waals surface area contributed by atoms with Crippen molar-refractivity contribution < 1.29 is 9.53 Å². The third-order valence-electron chi connectivity index (χ3n) is 4.63. The van der Waals surface area contributed by atoms with E-state index in [2.05, 4.69) is 22.4 Å². The molecule has 0 aliphatic carbocycles. The Morgan fingerprint density at radius 3 is 2.44 bits per heavy atom. The Hall–Kier alpha value is -2.79. The first-order valence-corrected chi connectivity index (χ1v) is 9.81. The van der Waals surface area contributed by atoms with Crippen LogP contribution >= 0.6 is 11.8 Å². The standard InChI is InChI=1S/C22H20N2O2S/c1-3-26-21(25)19-15(2)24-18(16-10-6-4-7-11-16)14-27-22(24)23-20(19)17-12-8-5-9-13-17/h4-14,20H,3H2,1-2H3/t20-/m0/s1. The van der Waals surface area contributed by atoms with Crippen molar-refractivity contribution in [2.45, 2.75) is 19.9 Å². The van der Waals surface area contributed by atoms with E-state index < -0.39 is 0 Å². The number of allylic oxidation sites excluding steroid dienone is 1. The predicted molar refractivity (Wildman–Crippen MR) is 110 cm³/mol. The molecule has 0 amide bonds. The summed E-state index contributed by atoms with van der Waals surface area (Å²) in [6, 6.07) is 19.7. The van der Waals surface area contributed by atoms with Crippen LogP contribution in [-0.4, -0.2) is 22.6 Å². The first-order chi connectivity index (χ1) is 13.2. The Bertz CT molecular complexity index is 949. The van der Waals surface area contributed by atoms with Gasteiger partial charge in [0.15, 0.2) is 5.17 Å². The van der Waals surface area contributed by atoms with Crippen molar-refractivity contribution in [2.75, 3.05) is 6.61 Å². The van der Waals surface area contributed by atoms with Crippen LogP contribution in [0.4, 0.5) is 0 Å². The van der Waals surface area contributed by atoms with Gasteiger partial charge >= 0.3 is 5.97 Å². The number of fused-ring (bicyclic) bond motifs is 1. The highest BCUT2D eigenvalue weighted by molar-refractivity contribution is 8.16. The molecular formula is C22H20N2O2S. The van der Waals surface area contributed by atoms with E-state index in [1.807, 2.05) is 62.4 Å². The van der Waals surface area contributed by atoms with E-state index in [1.54, 1.807) is 11.8 Å². The second kappa shape index (κ2) is 7.45. The van der Waals surface area contributed by atoms with Crippen LogP contribution in [0.15, 0.2) is 82.3 Å². The highest BCUT2D eigenvalue weighted by Crippen LogP contribution is 2.44. The molecule has 0 radical (unpaired) electrons. The van der Waals surface area contributed by atoms with Gasteiger partial charge in [-0.1, -0.05) is 72.4 Å². The van der Waals surface area contributed by atoms with Gasteiger partial charge in [-0.25, -0.2) is 9.79 Å². The van der Waals surface area contributed by atoms with E-state index >= 15 is 0 Å². The molecule has 2 aromatic rings. The molecule has 2 aliphatic heterocycles. The third-order valence-corrected chi connectivity index (χ3v) is 5.47. The van der Waals surface area contributed by atoms with Crippen LogP contribution < -0.4 is 0 Å². The second-order valence-corrected chi connectivity index (χ2v) is 7.10. The van der Waals surface area contributed by atoms with Crippen molar-refractivity contribution in [1.29, 1.82) is 0 Å². The number of amidine groups is 1. The zero-order valence-electron chi connectivity index (χ0n) is 15.3. The van der Waals surface area contributed by atoms with E-state index in [0.717, 1.165) is 27.7 Å². The molecule has 0 unspecified atom stereocenters. The summed E-state index contributed by atoms with van der Waals surface area (Å²) in [5.74, 6) is -0.309. The average Bonchev–Trinajstić information content (AvgIpc) is 3.14. The normalized spacial score (nSPS) is 18.7. The Balaban J connectivity index is 1.81. The fraction of sp³-hybridized carbons (Fsp3) is 0.182. The summed E-state index contributed by atoms with van der Waals surface area (Å²) in [5.41, 5.74) is 4.57. The fourth-order valence-electron chi connectivity index (χ4n) is 3.37. The summed E-state index contributed by atoms with van der Waals surface area (Å²) in [4.78, 5) is 19.8. The highest BCUT2D eigenvalue weighted by atomic mass is 32.2. The number of rotatable bonds is 4. The monoisotopic (exact) mass is 376 g/mol. The first-order valence-electron chi connectivity index (χ1n) is 8.93. The highest BCUT2D eigenvalue weighted by Gasteiger charge is 2.37. The summed E-state index contributed by atoms with van der Waals surface area (Å²) in [5, 5.41) is 2.97. The molecule has 0 N–H and O–H groups in total. The lowest BCUT2D eigenvalue weighted by atomic mass is 9.95. The topological polar surface area (TPSA) is 41.9 Å².